The molecular formula is C26H32N4O5. The number of methoxy groups -OCH3 is 1. The van der Waals surface area contributed by atoms with Crippen molar-refractivity contribution in [3.63, 3.8) is 0 Å². The highest BCUT2D eigenvalue weighted by Crippen LogP contribution is 2.38. The standard InChI is InChI=1S/C26H32N4O5/c1-3-18-15(13-31)5-4-6-21(18)30-25-19-9-24(35-14-17(32)11-28-16-7-8-16)23(34-2)10-22(19)29-12-20(25)26(27)33/h4-6,9-10,12,16-17,28,31-32H,3,7-8,11,13-14H2,1-2H3,(H2,27,33)(H,29,30). The van der Waals surface area contributed by atoms with Gasteiger partial charge in [0.25, 0.3) is 5.91 Å². The number of primary amides is 1. The molecule has 1 heterocycles. The Balaban J connectivity index is 1.73. The average Bonchev–Trinajstić information content (AvgIpc) is 3.70. The van der Waals surface area contributed by atoms with E-state index < -0.39 is 12.0 Å². The fourth-order valence-electron chi connectivity index (χ4n) is 4.08. The van der Waals surface area contributed by atoms with Crippen LogP contribution < -0.4 is 25.8 Å². The Bertz CT molecular complexity index is 1210. The van der Waals surface area contributed by atoms with Crippen LogP contribution in [0, 0.1) is 0 Å². The Morgan fingerprint density at radius 1 is 1.29 bits per heavy atom. The number of aliphatic hydroxyl groups excluding tert-OH is 2. The van der Waals surface area contributed by atoms with Gasteiger partial charge in [0, 0.05) is 35.9 Å². The van der Waals surface area contributed by atoms with Crippen LogP contribution in [0.5, 0.6) is 11.5 Å². The number of aliphatic hydroxyl groups is 2. The van der Waals surface area contributed by atoms with Crippen LogP contribution in [0.2, 0.25) is 0 Å². The second kappa shape index (κ2) is 10.9. The molecule has 0 bridgehead atoms. The van der Waals surface area contributed by atoms with Crippen molar-refractivity contribution in [1.82, 2.24) is 10.3 Å². The van der Waals surface area contributed by atoms with Gasteiger partial charge in [0.15, 0.2) is 11.5 Å². The normalized spacial score (nSPS) is 14.1. The van der Waals surface area contributed by atoms with E-state index in [0.717, 1.165) is 29.7 Å². The molecule has 9 heteroatoms. The molecule has 1 saturated carbocycles. The van der Waals surface area contributed by atoms with Crippen molar-refractivity contribution in [1.29, 1.82) is 0 Å². The Morgan fingerprint density at radius 3 is 2.74 bits per heavy atom. The Kier molecular flexibility index (Phi) is 7.70. The molecule has 6 N–H and O–H groups in total. The molecule has 4 rings (SSSR count). The number of anilines is 2. The summed E-state index contributed by atoms with van der Waals surface area (Å²) in [5, 5.41) is 27.3. The summed E-state index contributed by atoms with van der Waals surface area (Å²) in [5.41, 5.74) is 9.46. The molecule has 0 aliphatic heterocycles. The van der Waals surface area contributed by atoms with E-state index in [1.807, 2.05) is 25.1 Å². The van der Waals surface area contributed by atoms with Crippen LogP contribution in [0.4, 0.5) is 11.4 Å². The number of nitrogens with one attached hydrogen (secondary N) is 2. The number of amides is 1. The Labute approximate surface area is 204 Å². The van der Waals surface area contributed by atoms with Gasteiger partial charge in [-0.25, -0.2) is 0 Å². The molecule has 3 aromatic rings. The number of fused-ring (bicyclic) bond motifs is 1. The van der Waals surface area contributed by atoms with Crippen LogP contribution in [0.3, 0.4) is 0 Å². The van der Waals surface area contributed by atoms with Crippen LogP contribution in [0.1, 0.15) is 41.3 Å². The van der Waals surface area contributed by atoms with Gasteiger partial charge < -0.3 is 36.1 Å². The zero-order valence-electron chi connectivity index (χ0n) is 20.0. The quantitative estimate of drug-likeness (QED) is 0.267. The molecular weight excluding hydrogens is 448 g/mol. The minimum Gasteiger partial charge on any atom is -0.493 e. The van der Waals surface area contributed by atoms with Crippen LogP contribution in [-0.2, 0) is 13.0 Å². The molecule has 1 fully saturated rings. The molecule has 186 valence electrons. The zero-order valence-corrected chi connectivity index (χ0v) is 20.0. The molecule has 0 radical (unpaired) electrons. The second-order valence-corrected chi connectivity index (χ2v) is 8.66. The zero-order chi connectivity index (χ0) is 24.9. The molecule has 0 saturated heterocycles. The molecule has 1 amide bonds. The SMILES string of the molecule is CCc1c(CO)cccc1Nc1c(C(N)=O)cnc2cc(OC)c(OCC(O)CNC3CC3)cc12. The molecule has 2 aromatic carbocycles. The van der Waals surface area contributed by atoms with Crippen LogP contribution in [-0.4, -0.2) is 53.5 Å². The number of carbonyl (C=O) groups excluding carboxylic acids is 1. The van der Waals surface area contributed by atoms with Crippen molar-refractivity contribution in [2.45, 2.75) is 44.9 Å². The second-order valence-electron chi connectivity index (χ2n) is 8.66. The average molecular weight is 481 g/mol. The molecule has 1 aliphatic rings. The summed E-state index contributed by atoms with van der Waals surface area (Å²) in [4.78, 5) is 16.7. The minimum absolute atomic E-state index is 0.0752. The fraction of sp³-hybridized carbons (Fsp3) is 0.385. The number of hydrogen-bond acceptors (Lipinski definition) is 8. The summed E-state index contributed by atoms with van der Waals surface area (Å²) in [6, 6.07) is 9.54. The maximum atomic E-state index is 12.3. The van der Waals surface area contributed by atoms with Gasteiger partial charge in [0.2, 0.25) is 0 Å². The summed E-state index contributed by atoms with van der Waals surface area (Å²) in [6.45, 7) is 2.43. The number of aromatic nitrogens is 1. The van der Waals surface area contributed by atoms with Gasteiger partial charge in [-0.3, -0.25) is 9.78 Å². The predicted molar refractivity (Wildman–Crippen MR) is 134 cm³/mol. The number of hydrogen-bond donors (Lipinski definition) is 5. The molecule has 1 atom stereocenters. The van der Waals surface area contributed by atoms with Crippen molar-refractivity contribution in [3.05, 3.63) is 53.2 Å². The topological polar surface area (TPSA) is 139 Å². The summed E-state index contributed by atoms with van der Waals surface area (Å²) >= 11 is 0. The van der Waals surface area contributed by atoms with E-state index in [1.165, 1.54) is 13.3 Å². The Hall–Kier alpha value is -3.40. The Morgan fingerprint density at radius 2 is 2.09 bits per heavy atom. The van der Waals surface area contributed by atoms with Crippen molar-refractivity contribution in [2.24, 2.45) is 5.73 Å². The summed E-state index contributed by atoms with van der Waals surface area (Å²) < 4.78 is 11.4. The van der Waals surface area contributed by atoms with Gasteiger partial charge in [0.1, 0.15) is 12.7 Å². The van der Waals surface area contributed by atoms with Gasteiger partial charge in [-0.2, -0.15) is 0 Å². The highest BCUT2D eigenvalue weighted by Gasteiger charge is 2.22. The van der Waals surface area contributed by atoms with Crippen LogP contribution in [0.25, 0.3) is 10.9 Å². The van der Waals surface area contributed by atoms with Crippen molar-refractivity contribution in [2.75, 3.05) is 25.6 Å². The number of pyridine rings is 1. The molecule has 0 spiro atoms. The van der Waals surface area contributed by atoms with E-state index in [-0.39, 0.29) is 18.8 Å². The minimum atomic E-state index is -0.683. The van der Waals surface area contributed by atoms with Gasteiger partial charge in [-0.05, 0) is 42.5 Å². The lowest BCUT2D eigenvalue weighted by Crippen LogP contribution is -2.32. The van der Waals surface area contributed by atoms with Gasteiger partial charge in [-0.15, -0.1) is 0 Å². The highest BCUT2D eigenvalue weighted by molar-refractivity contribution is 6.08. The van der Waals surface area contributed by atoms with E-state index in [0.29, 0.717) is 47.1 Å². The van der Waals surface area contributed by atoms with Crippen molar-refractivity contribution >= 4 is 28.2 Å². The maximum absolute atomic E-state index is 12.3. The molecule has 1 aliphatic carbocycles. The summed E-state index contributed by atoms with van der Waals surface area (Å²) in [5.74, 6) is 0.247. The molecule has 1 unspecified atom stereocenters. The highest BCUT2D eigenvalue weighted by atomic mass is 16.5. The first-order valence-electron chi connectivity index (χ1n) is 11.8. The third kappa shape index (κ3) is 5.64. The largest absolute Gasteiger partial charge is 0.493 e. The predicted octanol–water partition coefficient (Wildman–Crippen LogP) is 2.63. The number of nitrogens with zero attached hydrogens (tertiary/aromatic N) is 1. The molecule has 35 heavy (non-hydrogen) atoms. The number of ether oxygens (including phenoxy) is 2. The molecule has 1 aromatic heterocycles. The molecule has 9 nitrogen and oxygen atoms in total. The first kappa shape index (κ1) is 24.7. The van der Waals surface area contributed by atoms with Gasteiger partial charge in [0.05, 0.1) is 30.5 Å². The van der Waals surface area contributed by atoms with Crippen molar-refractivity contribution < 1.29 is 24.5 Å². The van der Waals surface area contributed by atoms with Gasteiger partial charge in [-0.1, -0.05) is 19.1 Å². The van der Waals surface area contributed by atoms with Gasteiger partial charge >= 0.3 is 0 Å². The fourth-order valence-corrected chi connectivity index (χ4v) is 4.08. The summed E-state index contributed by atoms with van der Waals surface area (Å²) in [7, 11) is 1.53. The summed E-state index contributed by atoms with van der Waals surface area (Å²) in [6.07, 6.45) is 3.71. The van der Waals surface area contributed by atoms with E-state index in [4.69, 9.17) is 15.2 Å². The lowest BCUT2D eigenvalue weighted by molar-refractivity contribution is 0.100. The maximum Gasteiger partial charge on any atom is 0.252 e. The smallest absolute Gasteiger partial charge is 0.252 e. The third-order valence-electron chi connectivity index (χ3n) is 6.13. The lowest BCUT2D eigenvalue weighted by Gasteiger charge is -2.19. The first-order chi connectivity index (χ1) is 16.9. The van der Waals surface area contributed by atoms with E-state index in [1.54, 1.807) is 12.1 Å². The van der Waals surface area contributed by atoms with E-state index >= 15 is 0 Å². The monoisotopic (exact) mass is 480 g/mol. The first-order valence-corrected chi connectivity index (χ1v) is 11.8. The van der Waals surface area contributed by atoms with E-state index in [2.05, 4.69) is 15.6 Å². The third-order valence-corrected chi connectivity index (χ3v) is 6.13. The van der Waals surface area contributed by atoms with Crippen LogP contribution in [0.15, 0.2) is 36.5 Å². The lowest BCUT2D eigenvalue weighted by atomic mass is 10.0. The van der Waals surface area contributed by atoms with E-state index in [9.17, 15) is 15.0 Å². The number of carbonyl (C=O) groups is 1. The number of nitrogens with two attached hydrogens (primary N) is 1. The number of benzene rings is 2. The van der Waals surface area contributed by atoms with Crippen molar-refractivity contribution in [3.8, 4) is 11.5 Å². The van der Waals surface area contributed by atoms with Crippen LogP contribution >= 0.6 is 0 Å². The number of rotatable bonds is 12.